The van der Waals surface area contributed by atoms with E-state index < -0.39 is 0 Å². The van der Waals surface area contributed by atoms with Crippen LogP contribution in [0, 0.1) is 11.8 Å². The Kier molecular flexibility index (Phi) is 9.98. The monoisotopic (exact) mass is 258 g/mol. The molecule has 1 amide bonds. The maximum atomic E-state index is 11.8. The van der Waals surface area contributed by atoms with Crippen molar-refractivity contribution in [2.75, 3.05) is 13.2 Å². The van der Waals surface area contributed by atoms with E-state index in [2.05, 4.69) is 26.1 Å². The average molecular weight is 258 g/mol. The van der Waals surface area contributed by atoms with Crippen molar-refractivity contribution >= 4 is 5.91 Å². The molecule has 0 spiro atoms. The zero-order valence-corrected chi connectivity index (χ0v) is 12.1. The highest BCUT2D eigenvalue weighted by atomic mass is 16.3. The second-order valence-corrected chi connectivity index (χ2v) is 5.32. The molecule has 0 aliphatic heterocycles. The predicted octanol–water partition coefficient (Wildman–Crippen LogP) is 1.66. The summed E-state index contributed by atoms with van der Waals surface area (Å²) >= 11 is 0. The highest BCUT2D eigenvalue weighted by molar-refractivity contribution is 5.76. The van der Waals surface area contributed by atoms with E-state index in [1.807, 2.05) is 0 Å². The second-order valence-electron chi connectivity index (χ2n) is 5.32. The van der Waals surface area contributed by atoms with Gasteiger partial charge in [-0.2, -0.15) is 0 Å². The predicted molar refractivity (Wildman–Crippen MR) is 75.2 cm³/mol. The minimum Gasteiger partial charge on any atom is -0.396 e. The molecule has 0 bridgehead atoms. The molecule has 0 aromatic heterocycles. The smallest absolute Gasteiger partial charge is 0.220 e. The van der Waals surface area contributed by atoms with Crippen LogP contribution in [0.3, 0.4) is 0 Å². The first-order chi connectivity index (χ1) is 8.54. The maximum absolute atomic E-state index is 11.8. The normalized spacial score (nSPS) is 14.6. The van der Waals surface area contributed by atoms with Crippen molar-refractivity contribution in [2.24, 2.45) is 17.6 Å². The van der Waals surface area contributed by atoms with Gasteiger partial charge in [0, 0.05) is 19.1 Å². The summed E-state index contributed by atoms with van der Waals surface area (Å²) in [6.07, 6.45) is 4.17. The Balaban J connectivity index is 4.00. The molecule has 0 radical (unpaired) electrons. The van der Waals surface area contributed by atoms with Gasteiger partial charge in [0.25, 0.3) is 0 Å². The number of nitrogens with two attached hydrogens (primary N) is 1. The van der Waals surface area contributed by atoms with Crippen LogP contribution in [0.15, 0.2) is 0 Å². The number of aliphatic hydroxyl groups excluding tert-OH is 1. The fourth-order valence-corrected chi connectivity index (χ4v) is 2.11. The van der Waals surface area contributed by atoms with Gasteiger partial charge in [-0.15, -0.1) is 0 Å². The zero-order chi connectivity index (χ0) is 14.0. The number of hydrogen-bond acceptors (Lipinski definition) is 3. The Morgan fingerprint density at radius 2 is 1.94 bits per heavy atom. The van der Waals surface area contributed by atoms with Gasteiger partial charge in [0.15, 0.2) is 0 Å². The van der Waals surface area contributed by atoms with Crippen molar-refractivity contribution in [3.63, 3.8) is 0 Å². The lowest BCUT2D eigenvalue weighted by Gasteiger charge is -2.22. The van der Waals surface area contributed by atoms with Crippen LogP contribution in [0.5, 0.6) is 0 Å². The lowest BCUT2D eigenvalue weighted by molar-refractivity contribution is -0.122. The Morgan fingerprint density at radius 1 is 1.28 bits per heavy atom. The van der Waals surface area contributed by atoms with E-state index >= 15 is 0 Å². The Hall–Kier alpha value is -0.610. The van der Waals surface area contributed by atoms with Gasteiger partial charge in [-0.1, -0.05) is 27.2 Å². The van der Waals surface area contributed by atoms with E-state index in [9.17, 15) is 4.79 Å². The summed E-state index contributed by atoms with van der Waals surface area (Å²) in [4.78, 5) is 11.8. The number of hydrogen-bond donors (Lipinski definition) is 3. The zero-order valence-electron chi connectivity index (χ0n) is 12.1. The van der Waals surface area contributed by atoms with Gasteiger partial charge < -0.3 is 16.2 Å². The molecule has 4 nitrogen and oxygen atoms in total. The fourth-order valence-electron chi connectivity index (χ4n) is 2.11. The summed E-state index contributed by atoms with van der Waals surface area (Å²) in [7, 11) is 0. The van der Waals surface area contributed by atoms with Crippen LogP contribution in [0.4, 0.5) is 0 Å². The molecular formula is C14H30N2O2. The van der Waals surface area contributed by atoms with Crippen LogP contribution >= 0.6 is 0 Å². The third-order valence-corrected chi connectivity index (χ3v) is 3.52. The SMILES string of the molecule is CCC(CCN)CCC(=O)NC(CCO)C(C)C. The van der Waals surface area contributed by atoms with Crippen molar-refractivity contribution in [1.82, 2.24) is 5.32 Å². The molecule has 4 heteroatoms. The van der Waals surface area contributed by atoms with Gasteiger partial charge in [-0.05, 0) is 37.6 Å². The molecule has 0 aliphatic rings. The largest absolute Gasteiger partial charge is 0.396 e. The Bertz CT molecular complexity index is 220. The summed E-state index contributed by atoms with van der Waals surface area (Å²) in [6.45, 7) is 7.07. The van der Waals surface area contributed by atoms with Gasteiger partial charge in [0.2, 0.25) is 5.91 Å². The van der Waals surface area contributed by atoms with Crippen molar-refractivity contribution in [1.29, 1.82) is 0 Å². The number of carbonyl (C=O) groups is 1. The second kappa shape index (κ2) is 10.3. The average Bonchev–Trinajstić information content (AvgIpc) is 2.33. The van der Waals surface area contributed by atoms with Gasteiger partial charge in [0.1, 0.15) is 0 Å². The molecule has 0 saturated carbocycles. The van der Waals surface area contributed by atoms with Crippen LogP contribution in [-0.2, 0) is 4.79 Å². The first kappa shape index (κ1) is 17.4. The molecule has 2 atom stereocenters. The highest BCUT2D eigenvalue weighted by Gasteiger charge is 2.16. The molecule has 108 valence electrons. The third-order valence-electron chi connectivity index (χ3n) is 3.52. The number of aliphatic hydroxyl groups is 1. The Morgan fingerprint density at radius 3 is 2.39 bits per heavy atom. The molecule has 0 aromatic carbocycles. The molecule has 0 aromatic rings. The van der Waals surface area contributed by atoms with E-state index in [0.717, 1.165) is 19.3 Å². The molecular weight excluding hydrogens is 228 g/mol. The first-order valence-electron chi connectivity index (χ1n) is 7.15. The first-order valence-corrected chi connectivity index (χ1v) is 7.15. The lowest BCUT2D eigenvalue weighted by Crippen LogP contribution is -2.39. The van der Waals surface area contributed by atoms with E-state index in [-0.39, 0.29) is 18.6 Å². The van der Waals surface area contributed by atoms with Gasteiger partial charge in [0.05, 0.1) is 0 Å². The minimum absolute atomic E-state index is 0.0806. The molecule has 4 N–H and O–H groups in total. The van der Waals surface area contributed by atoms with Crippen molar-refractivity contribution in [3.8, 4) is 0 Å². The van der Waals surface area contributed by atoms with Crippen molar-refractivity contribution in [2.45, 2.75) is 58.9 Å². The van der Waals surface area contributed by atoms with Gasteiger partial charge in [-0.3, -0.25) is 4.79 Å². The minimum atomic E-state index is 0.0806. The van der Waals surface area contributed by atoms with Crippen LogP contribution in [0.1, 0.15) is 52.9 Å². The number of carbonyl (C=O) groups excluding carboxylic acids is 1. The van der Waals surface area contributed by atoms with Gasteiger partial charge >= 0.3 is 0 Å². The Labute approximate surface area is 111 Å². The molecule has 0 fully saturated rings. The van der Waals surface area contributed by atoms with Crippen LogP contribution < -0.4 is 11.1 Å². The third kappa shape index (κ3) is 7.67. The van der Waals surface area contributed by atoms with Gasteiger partial charge in [-0.25, -0.2) is 0 Å². The topological polar surface area (TPSA) is 75.4 Å². The van der Waals surface area contributed by atoms with Crippen LogP contribution in [0.2, 0.25) is 0 Å². The quantitative estimate of drug-likeness (QED) is 0.558. The fraction of sp³-hybridized carbons (Fsp3) is 0.929. The van der Waals surface area contributed by atoms with E-state index in [0.29, 0.717) is 31.2 Å². The highest BCUT2D eigenvalue weighted by Crippen LogP contribution is 2.15. The molecule has 18 heavy (non-hydrogen) atoms. The van der Waals surface area contributed by atoms with Crippen LogP contribution in [-0.4, -0.2) is 30.2 Å². The summed E-state index contributed by atoms with van der Waals surface area (Å²) in [5.41, 5.74) is 5.54. The van der Waals surface area contributed by atoms with Crippen molar-refractivity contribution < 1.29 is 9.90 Å². The molecule has 2 unspecified atom stereocenters. The molecule has 0 heterocycles. The number of rotatable bonds is 10. The van der Waals surface area contributed by atoms with E-state index in [4.69, 9.17) is 10.8 Å². The number of nitrogens with one attached hydrogen (secondary N) is 1. The maximum Gasteiger partial charge on any atom is 0.220 e. The lowest BCUT2D eigenvalue weighted by atomic mass is 9.96. The summed E-state index contributed by atoms with van der Waals surface area (Å²) in [5.74, 6) is 1.00. The van der Waals surface area contributed by atoms with Crippen molar-refractivity contribution in [3.05, 3.63) is 0 Å². The van der Waals surface area contributed by atoms with E-state index in [1.54, 1.807) is 0 Å². The molecule has 0 rings (SSSR count). The summed E-state index contributed by atoms with van der Waals surface area (Å²) < 4.78 is 0. The molecule has 0 aliphatic carbocycles. The summed E-state index contributed by atoms with van der Waals surface area (Å²) in [6, 6.07) is 0.0806. The molecule has 0 saturated heterocycles. The van der Waals surface area contributed by atoms with Crippen LogP contribution in [0.25, 0.3) is 0 Å². The standard InChI is InChI=1S/C14H30N2O2/c1-4-12(7-9-15)5-6-14(18)16-13(8-10-17)11(2)3/h11-13,17H,4-10,15H2,1-3H3,(H,16,18). The summed E-state index contributed by atoms with van der Waals surface area (Å²) in [5, 5.41) is 12.0. The number of amides is 1. The van der Waals surface area contributed by atoms with E-state index in [1.165, 1.54) is 0 Å².